The predicted octanol–water partition coefficient (Wildman–Crippen LogP) is 1.97. The summed E-state index contributed by atoms with van der Waals surface area (Å²) in [5.41, 5.74) is 5.86. The van der Waals surface area contributed by atoms with E-state index in [2.05, 4.69) is 27.9 Å². The van der Waals surface area contributed by atoms with Crippen molar-refractivity contribution in [3.63, 3.8) is 0 Å². The predicted molar refractivity (Wildman–Crippen MR) is 130 cm³/mol. The average molecular weight is 495 g/mol. The second kappa shape index (κ2) is 10.7. The number of hydrogen-bond donors (Lipinski definition) is 3. The highest BCUT2D eigenvalue weighted by atomic mass is 32.2. The Morgan fingerprint density at radius 2 is 1.37 bits per heavy atom. The molecule has 1 saturated heterocycles. The average Bonchev–Trinajstić information content (AvgIpc) is 2.88. The van der Waals surface area contributed by atoms with Crippen molar-refractivity contribution in [2.75, 3.05) is 26.2 Å². The molecule has 3 aromatic carbocycles. The Balaban J connectivity index is 1.32. The van der Waals surface area contributed by atoms with Gasteiger partial charge in [-0.15, -0.1) is 0 Å². The Morgan fingerprint density at radius 3 is 2.03 bits per heavy atom. The van der Waals surface area contributed by atoms with Gasteiger partial charge in [-0.05, 0) is 42.0 Å². The van der Waals surface area contributed by atoms with Crippen LogP contribution in [-0.4, -0.2) is 60.7 Å². The molecule has 1 aliphatic rings. The zero-order valence-electron chi connectivity index (χ0n) is 18.9. The Bertz CT molecular complexity index is 1290. The summed E-state index contributed by atoms with van der Waals surface area (Å²) < 4.78 is 27.6. The Hall–Kier alpha value is -3.73. The maximum absolute atomic E-state index is 13.1. The number of nitrogens with zero attached hydrogens (tertiary/aromatic N) is 2. The summed E-state index contributed by atoms with van der Waals surface area (Å²) >= 11 is 0. The van der Waals surface area contributed by atoms with Crippen LogP contribution in [0.15, 0.2) is 83.8 Å². The fourth-order valence-electron chi connectivity index (χ4n) is 3.82. The molecule has 3 aromatic rings. The first-order valence-electron chi connectivity index (χ1n) is 11.1. The molecule has 1 aliphatic heterocycles. The summed E-state index contributed by atoms with van der Waals surface area (Å²) in [6.45, 7) is 2.81. The van der Waals surface area contributed by atoms with Crippen molar-refractivity contribution >= 4 is 21.8 Å². The van der Waals surface area contributed by atoms with Gasteiger partial charge in [-0.25, -0.2) is 8.42 Å². The molecule has 182 valence electrons. The number of phenolic OH excluding ortho intramolecular Hbond substituents is 1. The number of hydrogen-bond acceptors (Lipinski definition) is 6. The van der Waals surface area contributed by atoms with Crippen LogP contribution < -0.4 is 10.9 Å². The van der Waals surface area contributed by atoms with E-state index in [4.69, 9.17) is 0 Å². The summed E-state index contributed by atoms with van der Waals surface area (Å²) in [6, 6.07) is 21.5. The van der Waals surface area contributed by atoms with Gasteiger partial charge in [0.05, 0.1) is 10.5 Å². The number of sulfonamides is 1. The molecule has 0 bridgehead atoms. The third kappa shape index (κ3) is 5.86. The number of phenols is 1. The van der Waals surface area contributed by atoms with Crippen LogP contribution in [0.2, 0.25) is 0 Å². The molecule has 0 aromatic heterocycles. The summed E-state index contributed by atoms with van der Waals surface area (Å²) in [6.07, 6.45) is 0. The Labute approximate surface area is 204 Å². The molecule has 0 atom stereocenters. The summed E-state index contributed by atoms with van der Waals surface area (Å²) in [7, 11) is -3.69. The van der Waals surface area contributed by atoms with Gasteiger partial charge in [0.1, 0.15) is 5.75 Å². The molecule has 3 N–H and O–H groups in total. The van der Waals surface area contributed by atoms with Crippen molar-refractivity contribution in [3.8, 4) is 5.75 Å². The van der Waals surface area contributed by atoms with E-state index in [-0.39, 0.29) is 21.8 Å². The fourth-order valence-corrected chi connectivity index (χ4v) is 5.24. The lowest BCUT2D eigenvalue weighted by atomic mass is 10.2. The first kappa shape index (κ1) is 24.4. The largest absolute Gasteiger partial charge is 0.507 e. The third-order valence-corrected chi connectivity index (χ3v) is 7.69. The Kier molecular flexibility index (Phi) is 7.45. The quantitative estimate of drug-likeness (QED) is 0.451. The highest BCUT2D eigenvalue weighted by Crippen LogP contribution is 2.19. The van der Waals surface area contributed by atoms with E-state index in [1.54, 1.807) is 12.1 Å². The lowest BCUT2D eigenvalue weighted by Gasteiger charge is -2.34. The van der Waals surface area contributed by atoms with Gasteiger partial charge in [-0.2, -0.15) is 4.31 Å². The third-order valence-electron chi connectivity index (χ3n) is 5.77. The lowest BCUT2D eigenvalue weighted by molar-refractivity contribution is 0.0845. The van der Waals surface area contributed by atoms with Crippen LogP contribution in [0.4, 0.5) is 0 Å². The topological polar surface area (TPSA) is 119 Å². The number of carbonyl (C=O) groups excluding carboxylic acids is 2. The van der Waals surface area contributed by atoms with E-state index >= 15 is 0 Å². The highest BCUT2D eigenvalue weighted by molar-refractivity contribution is 7.89. The van der Waals surface area contributed by atoms with Crippen LogP contribution in [0.3, 0.4) is 0 Å². The number of amides is 2. The number of rotatable bonds is 6. The second-order valence-electron chi connectivity index (χ2n) is 8.12. The maximum atomic E-state index is 13.1. The normalized spacial score (nSPS) is 14.9. The molecule has 9 nitrogen and oxygen atoms in total. The number of piperazine rings is 1. The molecule has 10 heteroatoms. The molecule has 0 spiro atoms. The molecule has 2 amide bonds. The van der Waals surface area contributed by atoms with E-state index in [9.17, 15) is 23.1 Å². The van der Waals surface area contributed by atoms with Gasteiger partial charge in [0.25, 0.3) is 11.8 Å². The van der Waals surface area contributed by atoms with Crippen LogP contribution in [-0.2, 0) is 16.6 Å². The van der Waals surface area contributed by atoms with Gasteiger partial charge in [0.2, 0.25) is 10.0 Å². The van der Waals surface area contributed by atoms with Crippen molar-refractivity contribution < 1.29 is 23.1 Å². The molecule has 35 heavy (non-hydrogen) atoms. The first-order valence-corrected chi connectivity index (χ1v) is 12.5. The van der Waals surface area contributed by atoms with Crippen LogP contribution in [0.1, 0.15) is 26.3 Å². The molecule has 0 radical (unpaired) electrons. The maximum Gasteiger partial charge on any atom is 0.273 e. The Morgan fingerprint density at radius 1 is 0.771 bits per heavy atom. The molecule has 0 unspecified atom stereocenters. The number of carbonyl (C=O) groups is 2. The highest BCUT2D eigenvalue weighted by Gasteiger charge is 2.28. The van der Waals surface area contributed by atoms with Crippen LogP contribution >= 0.6 is 0 Å². The van der Waals surface area contributed by atoms with Crippen molar-refractivity contribution in [3.05, 3.63) is 95.6 Å². The van der Waals surface area contributed by atoms with Crippen molar-refractivity contribution in [2.24, 2.45) is 0 Å². The lowest BCUT2D eigenvalue weighted by Crippen LogP contribution is -2.48. The van der Waals surface area contributed by atoms with Crippen LogP contribution in [0.25, 0.3) is 0 Å². The van der Waals surface area contributed by atoms with Crippen molar-refractivity contribution in [1.29, 1.82) is 0 Å². The monoisotopic (exact) mass is 494 g/mol. The van der Waals surface area contributed by atoms with E-state index < -0.39 is 21.8 Å². The van der Waals surface area contributed by atoms with Crippen LogP contribution in [0.5, 0.6) is 5.75 Å². The van der Waals surface area contributed by atoms with Gasteiger partial charge in [0.15, 0.2) is 0 Å². The van der Waals surface area contributed by atoms with E-state index in [1.165, 1.54) is 46.3 Å². The van der Waals surface area contributed by atoms with Gasteiger partial charge in [-0.1, -0.05) is 42.5 Å². The number of para-hydroxylation sites is 1. The van der Waals surface area contributed by atoms with Crippen molar-refractivity contribution in [1.82, 2.24) is 20.1 Å². The molecule has 4 rings (SSSR count). The van der Waals surface area contributed by atoms with Crippen LogP contribution in [0, 0.1) is 0 Å². The van der Waals surface area contributed by atoms with Crippen molar-refractivity contribution in [2.45, 2.75) is 11.4 Å². The standard InChI is InChI=1S/C25H26N4O5S/c30-23-9-5-4-8-22(23)25(32)27-26-24(31)20-10-12-21(13-11-20)35(33,34)29-16-14-28(15-17-29)18-19-6-2-1-3-7-19/h1-13,30H,14-18H2,(H,26,31)(H,27,32). The number of hydrazine groups is 1. The minimum atomic E-state index is -3.69. The zero-order valence-corrected chi connectivity index (χ0v) is 19.7. The molecule has 0 saturated carbocycles. The minimum Gasteiger partial charge on any atom is -0.507 e. The molecule has 1 fully saturated rings. The van der Waals surface area contributed by atoms with Gasteiger partial charge in [-0.3, -0.25) is 25.3 Å². The fraction of sp³-hybridized carbons (Fsp3) is 0.200. The second-order valence-corrected chi connectivity index (χ2v) is 10.1. The van der Waals surface area contributed by atoms with Gasteiger partial charge in [0, 0.05) is 38.3 Å². The molecular weight excluding hydrogens is 468 g/mol. The summed E-state index contributed by atoms with van der Waals surface area (Å²) in [5.74, 6) is -1.51. The number of aromatic hydroxyl groups is 1. The minimum absolute atomic E-state index is 0.0121. The van der Waals surface area contributed by atoms with E-state index in [0.717, 1.165) is 6.54 Å². The molecule has 1 heterocycles. The summed E-state index contributed by atoms with van der Waals surface area (Å²) in [5, 5.41) is 9.72. The zero-order chi connectivity index (χ0) is 24.8. The van der Waals surface area contributed by atoms with Gasteiger partial charge >= 0.3 is 0 Å². The SMILES string of the molecule is O=C(NNC(=O)c1ccccc1O)c1ccc(S(=O)(=O)N2CCN(Cc3ccccc3)CC2)cc1. The smallest absolute Gasteiger partial charge is 0.273 e. The summed E-state index contributed by atoms with van der Waals surface area (Å²) in [4.78, 5) is 26.8. The number of benzene rings is 3. The van der Waals surface area contributed by atoms with Gasteiger partial charge < -0.3 is 5.11 Å². The van der Waals surface area contributed by atoms with E-state index in [1.807, 2.05) is 18.2 Å². The number of nitrogens with one attached hydrogen (secondary N) is 2. The molecular formula is C25H26N4O5S. The van der Waals surface area contributed by atoms with E-state index in [0.29, 0.717) is 26.2 Å². The molecule has 0 aliphatic carbocycles. The first-order chi connectivity index (χ1) is 16.8.